The molecule has 3 heterocycles. The summed E-state index contributed by atoms with van der Waals surface area (Å²) in [5, 5.41) is 20.5. The number of halogens is 1. The van der Waals surface area contributed by atoms with Crippen LogP contribution in [0.2, 0.25) is 0 Å². The number of aromatic hydroxyl groups is 1. The maximum atomic E-state index is 14.3. The maximum Gasteiger partial charge on any atom is 0.310 e. The minimum Gasteiger partial charge on any atom is -0.508 e. The number of fused-ring (bicyclic) bond motifs is 2. The number of phenolic OH excluding ortho intramolecular Hbond substituents is 1. The van der Waals surface area contributed by atoms with E-state index in [1.807, 2.05) is 32.0 Å². The third kappa shape index (κ3) is 4.44. The van der Waals surface area contributed by atoms with Gasteiger partial charge in [0.05, 0.1) is 36.5 Å². The molecule has 1 unspecified atom stereocenters. The zero-order valence-electron chi connectivity index (χ0n) is 19.0. The van der Waals surface area contributed by atoms with Crippen LogP contribution >= 0.6 is 0 Å². The van der Waals surface area contributed by atoms with E-state index in [1.54, 1.807) is 18.2 Å². The molecule has 0 radical (unpaired) electrons. The molecule has 2 aromatic rings. The fourth-order valence-electron chi connectivity index (χ4n) is 4.21. The first-order valence-corrected chi connectivity index (χ1v) is 10.8. The van der Waals surface area contributed by atoms with Crippen LogP contribution in [0.3, 0.4) is 0 Å². The van der Waals surface area contributed by atoms with Crippen molar-refractivity contribution in [3.05, 3.63) is 52.2 Å². The Balaban J connectivity index is 1.92. The van der Waals surface area contributed by atoms with Crippen LogP contribution in [-0.4, -0.2) is 71.7 Å². The third-order valence-corrected chi connectivity index (χ3v) is 5.83. The number of aliphatic hydroxyl groups is 1. The number of carbonyl (C=O) groups is 1. The molecule has 33 heavy (non-hydrogen) atoms. The van der Waals surface area contributed by atoms with Crippen molar-refractivity contribution >= 4 is 22.6 Å². The van der Waals surface area contributed by atoms with Gasteiger partial charge in [-0.1, -0.05) is 0 Å². The quantitative estimate of drug-likeness (QED) is 0.484. The molecule has 1 aromatic heterocycles. The van der Waals surface area contributed by atoms with E-state index in [0.717, 1.165) is 16.5 Å². The van der Waals surface area contributed by atoms with Gasteiger partial charge in [0.2, 0.25) is 0 Å². The van der Waals surface area contributed by atoms with Crippen molar-refractivity contribution in [1.82, 2.24) is 14.8 Å². The molecule has 0 saturated carbocycles. The summed E-state index contributed by atoms with van der Waals surface area (Å²) in [7, 11) is 3.81. The topological polar surface area (TPSA) is 95.4 Å². The van der Waals surface area contributed by atoms with E-state index < -0.39 is 13.0 Å². The summed E-state index contributed by atoms with van der Waals surface area (Å²) in [6.07, 6.45) is 1.07. The molecule has 0 amide bonds. The van der Waals surface area contributed by atoms with E-state index >= 15 is 0 Å². The minimum atomic E-state index is -0.846. The number of hydrogen-bond acceptors (Lipinski definition) is 8. The summed E-state index contributed by atoms with van der Waals surface area (Å²) in [5.74, 6) is -0.177. The van der Waals surface area contributed by atoms with E-state index in [2.05, 4.69) is 0 Å². The van der Waals surface area contributed by atoms with Crippen LogP contribution in [0.1, 0.15) is 36.4 Å². The standard InChI is InChI=1S/C24H28FN3O5/c1-14-12-33-22(31)9-15(14)8-20-23-17(24(28(20)13-25)32-7-6-29)10-16-18(11-27(2)3)21(30)5-4-19(16)26-23/h4-5,8,10,24,29-30H,6-7,9,11-13H2,1-3H3/b20-8-. The van der Waals surface area contributed by atoms with Crippen molar-refractivity contribution in [2.24, 2.45) is 0 Å². The number of ether oxygens (including phenoxy) is 2. The Hall–Kier alpha value is -3.01. The van der Waals surface area contributed by atoms with Gasteiger partial charge in [-0.25, -0.2) is 9.37 Å². The molecule has 1 atom stereocenters. The van der Waals surface area contributed by atoms with Crippen molar-refractivity contribution in [2.75, 3.05) is 40.7 Å². The number of rotatable bonds is 7. The number of pyridine rings is 1. The number of allylic oxidation sites excluding steroid dienone is 1. The number of benzene rings is 1. The van der Waals surface area contributed by atoms with E-state index in [-0.39, 0.29) is 38.0 Å². The van der Waals surface area contributed by atoms with Gasteiger partial charge >= 0.3 is 5.97 Å². The summed E-state index contributed by atoms with van der Waals surface area (Å²) in [6, 6.07) is 5.21. The number of hydrogen-bond donors (Lipinski definition) is 2. The van der Waals surface area contributed by atoms with E-state index in [4.69, 9.17) is 14.5 Å². The molecule has 0 saturated heterocycles. The van der Waals surface area contributed by atoms with Crippen LogP contribution in [0.15, 0.2) is 35.4 Å². The summed E-state index contributed by atoms with van der Waals surface area (Å²) >= 11 is 0. The number of aromatic nitrogens is 1. The van der Waals surface area contributed by atoms with Gasteiger partial charge in [-0.2, -0.15) is 0 Å². The second-order valence-corrected chi connectivity index (χ2v) is 8.50. The van der Waals surface area contributed by atoms with E-state index in [9.17, 15) is 19.4 Å². The highest BCUT2D eigenvalue weighted by Gasteiger charge is 2.37. The SMILES string of the molecule is CC1=C(/C=C2/c3nc4ccc(O)c(CN(C)C)c4cc3C(OCCO)N2CF)CC(=O)OC1. The zero-order valence-corrected chi connectivity index (χ0v) is 19.0. The maximum absolute atomic E-state index is 14.3. The first-order chi connectivity index (χ1) is 15.8. The summed E-state index contributed by atoms with van der Waals surface area (Å²) < 4.78 is 25.3. The van der Waals surface area contributed by atoms with Crippen LogP contribution in [0.25, 0.3) is 16.6 Å². The molecule has 2 aliphatic heterocycles. The fraction of sp³-hybridized carbons (Fsp3) is 0.417. The molecule has 1 aromatic carbocycles. The Morgan fingerprint density at radius 1 is 1.39 bits per heavy atom. The number of carbonyl (C=O) groups excluding carboxylic acids is 1. The lowest BCUT2D eigenvalue weighted by Gasteiger charge is -2.25. The number of esters is 1. The van der Waals surface area contributed by atoms with Crippen LogP contribution in [-0.2, 0) is 20.8 Å². The zero-order chi connectivity index (χ0) is 23.7. The molecule has 8 nitrogen and oxygen atoms in total. The van der Waals surface area contributed by atoms with Gasteiger partial charge in [0.1, 0.15) is 12.4 Å². The molecule has 176 valence electrons. The molecule has 0 aliphatic carbocycles. The first kappa shape index (κ1) is 23.2. The largest absolute Gasteiger partial charge is 0.508 e. The lowest BCUT2D eigenvalue weighted by Crippen LogP contribution is -2.24. The minimum absolute atomic E-state index is 0.0184. The van der Waals surface area contributed by atoms with Crippen LogP contribution in [0.4, 0.5) is 4.39 Å². The van der Waals surface area contributed by atoms with Gasteiger partial charge in [-0.05, 0) is 56.4 Å². The molecular formula is C24H28FN3O5. The fourth-order valence-corrected chi connectivity index (χ4v) is 4.21. The Bertz CT molecular complexity index is 1140. The highest BCUT2D eigenvalue weighted by molar-refractivity contribution is 5.89. The number of aliphatic hydroxyl groups excluding tert-OH is 1. The van der Waals surface area contributed by atoms with Gasteiger partial charge in [0, 0.05) is 23.1 Å². The Morgan fingerprint density at radius 2 is 2.18 bits per heavy atom. The summed E-state index contributed by atoms with van der Waals surface area (Å²) in [4.78, 5) is 20.1. The lowest BCUT2D eigenvalue weighted by atomic mass is 10.0. The number of cyclic esters (lactones) is 1. The predicted molar refractivity (Wildman–Crippen MR) is 121 cm³/mol. The van der Waals surface area contributed by atoms with Crippen LogP contribution in [0.5, 0.6) is 5.75 Å². The molecular weight excluding hydrogens is 429 g/mol. The monoisotopic (exact) mass is 457 g/mol. The van der Waals surface area contributed by atoms with Crippen LogP contribution < -0.4 is 0 Å². The molecule has 0 bridgehead atoms. The summed E-state index contributed by atoms with van der Waals surface area (Å²) in [6.45, 7) is 1.53. The average molecular weight is 458 g/mol. The number of phenols is 1. The smallest absolute Gasteiger partial charge is 0.310 e. The molecule has 2 N–H and O–H groups in total. The van der Waals surface area contributed by atoms with Gasteiger partial charge in [0.25, 0.3) is 0 Å². The van der Waals surface area contributed by atoms with Crippen molar-refractivity contribution in [2.45, 2.75) is 26.1 Å². The van der Waals surface area contributed by atoms with E-state index in [1.165, 1.54) is 4.90 Å². The number of alkyl halides is 1. The van der Waals surface area contributed by atoms with Crippen molar-refractivity contribution in [1.29, 1.82) is 0 Å². The lowest BCUT2D eigenvalue weighted by molar-refractivity contribution is -0.142. The van der Waals surface area contributed by atoms with Gasteiger partial charge < -0.3 is 29.5 Å². The molecule has 9 heteroatoms. The highest BCUT2D eigenvalue weighted by atomic mass is 19.1. The number of nitrogens with zero attached hydrogens (tertiary/aromatic N) is 3. The third-order valence-electron chi connectivity index (χ3n) is 5.83. The van der Waals surface area contributed by atoms with Gasteiger partial charge in [-0.15, -0.1) is 0 Å². The molecule has 0 spiro atoms. The Kier molecular flexibility index (Phi) is 6.64. The molecule has 2 aliphatic rings. The van der Waals surface area contributed by atoms with Crippen molar-refractivity contribution < 1.29 is 28.9 Å². The van der Waals surface area contributed by atoms with E-state index in [0.29, 0.717) is 34.6 Å². The second kappa shape index (κ2) is 9.46. The normalized spacial score (nSPS) is 19.7. The molecule has 4 rings (SSSR count). The van der Waals surface area contributed by atoms with Crippen molar-refractivity contribution in [3.8, 4) is 5.75 Å². The predicted octanol–water partition coefficient (Wildman–Crippen LogP) is 2.86. The van der Waals surface area contributed by atoms with Gasteiger partial charge in [0.15, 0.2) is 13.0 Å². The first-order valence-electron chi connectivity index (χ1n) is 10.8. The summed E-state index contributed by atoms with van der Waals surface area (Å²) in [5.41, 5.74) is 4.71. The molecule has 0 fully saturated rings. The van der Waals surface area contributed by atoms with Crippen LogP contribution in [0, 0.1) is 0 Å². The van der Waals surface area contributed by atoms with Gasteiger partial charge in [-0.3, -0.25) is 4.79 Å². The van der Waals surface area contributed by atoms with Crippen molar-refractivity contribution in [3.63, 3.8) is 0 Å². The second-order valence-electron chi connectivity index (χ2n) is 8.50. The Labute approximate surface area is 191 Å². The highest BCUT2D eigenvalue weighted by Crippen LogP contribution is 2.44. The average Bonchev–Trinajstić information content (AvgIpc) is 3.06. The Morgan fingerprint density at radius 3 is 2.88 bits per heavy atom.